The highest BCUT2D eigenvalue weighted by Crippen LogP contribution is 2.21. The summed E-state index contributed by atoms with van der Waals surface area (Å²) >= 11 is 0. The van der Waals surface area contributed by atoms with Gasteiger partial charge in [-0.3, -0.25) is 19.7 Å². The number of esters is 1. The molecule has 0 fully saturated rings. The quantitative estimate of drug-likeness (QED) is 0.337. The van der Waals surface area contributed by atoms with E-state index in [0.29, 0.717) is 10.2 Å². The van der Waals surface area contributed by atoms with Gasteiger partial charge in [-0.2, -0.15) is 9.07 Å². The summed E-state index contributed by atoms with van der Waals surface area (Å²) in [4.78, 5) is 45.2. The van der Waals surface area contributed by atoms with Gasteiger partial charge in [-0.1, -0.05) is 0 Å². The molecule has 0 aliphatic heterocycles. The largest absolute Gasteiger partial charge is 0.454 e. The van der Waals surface area contributed by atoms with Crippen molar-refractivity contribution < 1.29 is 32.4 Å². The normalized spacial score (nSPS) is 10.5. The molecule has 0 aliphatic carbocycles. The second-order valence-corrected chi connectivity index (χ2v) is 5.97. The molecule has 0 bridgehead atoms. The molecule has 0 saturated heterocycles. The lowest BCUT2D eigenvalue weighted by atomic mass is 10.2. The lowest BCUT2D eigenvalue weighted by Gasteiger charge is -2.06. The lowest BCUT2D eigenvalue weighted by Crippen LogP contribution is -2.26. The zero-order valence-corrected chi connectivity index (χ0v) is 15.4. The number of nitrogens with zero attached hydrogens (tertiary/aromatic N) is 3. The number of nitrogens with one attached hydrogen (secondary N) is 1. The monoisotopic (exact) mass is 434 g/mol. The maximum absolute atomic E-state index is 13.3. The zero-order chi connectivity index (χ0) is 22.5. The molecule has 0 unspecified atom stereocenters. The number of carbonyl (C=O) groups excluding carboxylic acids is 2. The van der Waals surface area contributed by atoms with Gasteiger partial charge in [-0.05, 0) is 36.4 Å². The van der Waals surface area contributed by atoms with Crippen LogP contribution in [-0.4, -0.2) is 33.2 Å². The summed E-state index contributed by atoms with van der Waals surface area (Å²) in [5.74, 6) is -4.54. The summed E-state index contributed by atoms with van der Waals surface area (Å²) in [6.45, 7) is -1.44. The van der Waals surface area contributed by atoms with Crippen LogP contribution in [0.2, 0.25) is 0 Å². The first-order valence-electron chi connectivity index (χ1n) is 8.46. The van der Waals surface area contributed by atoms with Crippen molar-refractivity contribution in [3.8, 4) is 11.5 Å². The molecule has 1 amide bonds. The van der Waals surface area contributed by atoms with Crippen LogP contribution >= 0.6 is 0 Å². The molecule has 1 N–H and O–H groups in total. The highest BCUT2D eigenvalue weighted by Gasteiger charge is 2.17. The highest BCUT2D eigenvalue weighted by atomic mass is 19.1. The van der Waals surface area contributed by atoms with Gasteiger partial charge >= 0.3 is 17.4 Å². The topological polar surface area (TPSA) is 147 Å². The molecule has 0 atom stereocenters. The number of carbonyl (C=O) groups is 2. The van der Waals surface area contributed by atoms with E-state index in [2.05, 4.69) is 10.4 Å². The Bertz CT molecular complexity index is 1200. The molecule has 11 nitrogen and oxygen atoms in total. The van der Waals surface area contributed by atoms with Crippen molar-refractivity contribution in [3.05, 3.63) is 74.8 Å². The minimum absolute atomic E-state index is 0.0780. The third-order valence-electron chi connectivity index (χ3n) is 3.77. The molecule has 3 rings (SSSR count). The predicted molar refractivity (Wildman–Crippen MR) is 98.8 cm³/mol. The smallest absolute Gasteiger partial charge is 0.437 e. The van der Waals surface area contributed by atoms with Crippen molar-refractivity contribution >= 4 is 23.3 Å². The Balaban J connectivity index is 1.56. The van der Waals surface area contributed by atoms with Gasteiger partial charge in [0.15, 0.2) is 6.61 Å². The first kappa shape index (κ1) is 21.3. The van der Waals surface area contributed by atoms with Crippen LogP contribution in [-0.2, 0) is 20.9 Å². The third-order valence-corrected chi connectivity index (χ3v) is 3.77. The Hall–Kier alpha value is -4.42. The van der Waals surface area contributed by atoms with E-state index in [1.807, 2.05) is 0 Å². The Morgan fingerprint density at radius 2 is 1.90 bits per heavy atom. The van der Waals surface area contributed by atoms with Crippen LogP contribution in [0.25, 0.3) is 11.5 Å². The van der Waals surface area contributed by atoms with E-state index in [4.69, 9.17) is 9.15 Å². The Morgan fingerprint density at radius 1 is 1.19 bits per heavy atom. The summed E-state index contributed by atoms with van der Waals surface area (Å²) in [6, 6.07) is 7.62. The minimum Gasteiger partial charge on any atom is -0.454 e. The van der Waals surface area contributed by atoms with Crippen LogP contribution in [0.1, 0.15) is 0 Å². The molecule has 0 radical (unpaired) electrons. The average Bonchev–Trinajstić information content (AvgIpc) is 3.08. The number of nitro benzene ring substituents is 1. The van der Waals surface area contributed by atoms with Crippen LogP contribution in [0.5, 0.6) is 0 Å². The number of aromatic nitrogens is 2. The fraction of sp³-hybridized carbons (Fsp3) is 0.111. The number of benzene rings is 2. The van der Waals surface area contributed by atoms with Gasteiger partial charge in [-0.15, -0.1) is 5.10 Å². The third kappa shape index (κ3) is 5.35. The van der Waals surface area contributed by atoms with Crippen molar-refractivity contribution in [2.75, 3.05) is 11.9 Å². The molecular formula is C18H12F2N4O7. The Kier molecular flexibility index (Phi) is 6.14. The molecular weight excluding hydrogens is 422 g/mol. The number of halogens is 2. The number of hydrogen-bond donors (Lipinski definition) is 1. The van der Waals surface area contributed by atoms with E-state index in [1.54, 1.807) is 0 Å². The van der Waals surface area contributed by atoms with E-state index in [9.17, 15) is 33.3 Å². The van der Waals surface area contributed by atoms with Crippen LogP contribution < -0.4 is 11.1 Å². The molecule has 3 aromatic rings. The van der Waals surface area contributed by atoms with E-state index in [1.165, 1.54) is 12.1 Å². The zero-order valence-electron chi connectivity index (χ0n) is 15.4. The van der Waals surface area contributed by atoms with Gasteiger partial charge in [-0.25, -0.2) is 9.18 Å². The van der Waals surface area contributed by atoms with Crippen LogP contribution in [0.3, 0.4) is 0 Å². The number of anilines is 1. The number of rotatable bonds is 7. The van der Waals surface area contributed by atoms with Gasteiger partial charge in [0.2, 0.25) is 11.7 Å². The standard InChI is InChI=1S/C18H12F2N4O7/c19-11-3-1-10(2-4-11)17-22-23(18(27)31-17)8-16(26)30-9-15(25)21-12-5-6-13(20)14(7-12)24(28)29/h1-7H,8-9H2,(H,21,25). The SMILES string of the molecule is O=C(COC(=O)Cn1nc(-c2ccc(F)cc2)oc1=O)Nc1ccc(F)c([N+](=O)[O-])c1. The molecule has 0 saturated carbocycles. The molecule has 0 spiro atoms. The van der Waals surface area contributed by atoms with E-state index >= 15 is 0 Å². The molecule has 1 aromatic heterocycles. The Labute approximate surface area is 171 Å². The van der Waals surface area contributed by atoms with Gasteiger partial charge in [0, 0.05) is 17.3 Å². The molecule has 160 valence electrons. The van der Waals surface area contributed by atoms with Crippen LogP contribution in [0, 0.1) is 21.7 Å². The molecule has 0 aliphatic rings. The maximum atomic E-state index is 13.3. The fourth-order valence-corrected chi connectivity index (χ4v) is 2.36. The first-order valence-corrected chi connectivity index (χ1v) is 8.46. The first-order chi connectivity index (χ1) is 14.7. The predicted octanol–water partition coefficient (Wildman–Crippen LogP) is 1.87. The number of amides is 1. The summed E-state index contributed by atoms with van der Waals surface area (Å²) in [5, 5.41) is 16.7. The highest BCUT2D eigenvalue weighted by molar-refractivity contribution is 5.93. The fourth-order valence-electron chi connectivity index (χ4n) is 2.36. The maximum Gasteiger partial charge on any atom is 0.437 e. The average molecular weight is 434 g/mol. The number of nitro groups is 1. The number of ether oxygens (including phenoxy) is 1. The van der Waals surface area contributed by atoms with Gasteiger partial charge in [0.1, 0.15) is 12.4 Å². The molecule has 31 heavy (non-hydrogen) atoms. The van der Waals surface area contributed by atoms with E-state index in [-0.39, 0.29) is 11.6 Å². The van der Waals surface area contributed by atoms with Crippen LogP contribution in [0.15, 0.2) is 51.7 Å². The van der Waals surface area contributed by atoms with Gasteiger partial charge in [0.25, 0.3) is 5.91 Å². The van der Waals surface area contributed by atoms with Crippen molar-refractivity contribution in [2.24, 2.45) is 0 Å². The molecule has 13 heteroatoms. The second-order valence-electron chi connectivity index (χ2n) is 5.97. The van der Waals surface area contributed by atoms with Crippen molar-refractivity contribution in [1.29, 1.82) is 0 Å². The van der Waals surface area contributed by atoms with Crippen molar-refractivity contribution in [2.45, 2.75) is 6.54 Å². The summed E-state index contributed by atoms with van der Waals surface area (Å²) in [5.41, 5.74) is -0.610. The second kappa shape index (κ2) is 8.94. The van der Waals surface area contributed by atoms with E-state index < -0.39 is 53.0 Å². The van der Waals surface area contributed by atoms with Crippen molar-refractivity contribution in [3.63, 3.8) is 0 Å². The Morgan fingerprint density at radius 3 is 2.58 bits per heavy atom. The molecule has 1 heterocycles. The number of hydrogen-bond acceptors (Lipinski definition) is 8. The van der Waals surface area contributed by atoms with E-state index in [0.717, 1.165) is 30.3 Å². The van der Waals surface area contributed by atoms with Crippen LogP contribution in [0.4, 0.5) is 20.2 Å². The molecule has 2 aromatic carbocycles. The van der Waals surface area contributed by atoms with Crippen molar-refractivity contribution in [1.82, 2.24) is 9.78 Å². The summed E-state index contributed by atoms with van der Waals surface area (Å²) < 4.78 is 36.5. The summed E-state index contributed by atoms with van der Waals surface area (Å²) in [6.07, 6.45) is 0. The van der Waals surface area contributed by atoms with Gasteiger partial charge in [0.05, 0.1) is 4.92 Å². The lowest BCUT2D eigenvalue weighted by molar-refractivity contribution is -0.387. The summed E-state index contributed by atoms with van der Waals surface area (Å²) in [7, 11) is 0. The van der Waals surface area contributed by atoms with Gasteiger partial charge < -0.3 is 14.5 Å². The minimum atomic E-state index is -1.08.